The van der Waals surface area contributed by atoms with Gasteiger partial charge in [-0.1, -0.05) is 44.2 Å². The first kappa shape index (κ1) is 23.0. The minimum absolute atomic E-state index is 0.137. The van der Waals surface area contributed by atoms with E-state index in [1.54, 1.807) is 0 Å². The van der Waals surface area contributed by atoms with Gasteiger partial charge in [0.2, 0.25) is 0 Å². The summed E-state index contributed by atoms with van der Waals surface area (Å²) in [5.74, 6) is -0.754. The molecule has 1 heterocycles. The van der Waals surface area contributed by atoms with E-state index >= 15 is 0 Å². The highest BCUT2D eigenvalue weighted by Crippen LogP contribution is 2.20. The number of rotatable bonds is 8. The van der Waals surface area contributed by atoms with E-state index < -0.39 is 18.0 Å². The van der Waals surface area contributed by atoms with Crippen molar-refractivity contribution in [3.8, 4) is 6.07 Å². The lowest BCUT2D eigenvalue weighted by atomic mass is 10.1. The molecule has 1 aromatic heterocycles. The molecule has 0 fully saturated rings. The highest BCUT2D eigenvalue weighted by molar-refractivity contribution is 5.99. The number of nitriles is 1. The molecule has 0 saturated heterocycles. The molecule has 6 nitrogen and oxygen atoms in total. The molecular weight excluding hydrogens is 378 g/mol. The number of nitrogens with one attached hydrogen (secondary N) is 1. The normalized spacial score (nSPS) is 12.4. The molecular formula is C24H29N3O3. The van der Waals surface area contributed by atoms with Gasteiger partial charge < -0.3 is 14.6 Å². The average molecular weight is 408 g/mol. The number of esters is 1. The van der Waals surface area contributed by atoms with Crippen molar-refractivity contribution >= 4 is 18.0 Å². The zero-order chi connectivity index (χ0) is 22.3. The first-order chi connectivity index (χ1) is 14.2. The molecule has 0 unspecified atom stereocenters. The minimum Gasteiger partial charge on any atom is -0.448 e. The van der Waals surface area contributed by atoms with Crippen LogP contribution in [0.3, 0.4) is 0 Å². The Morgan fingerprint density at radius 2 is 1.87 bits per heavy atom. The minimum atomic E-state index is -1.01. The van der Waals surface area contributed by atoms with Crippen LogP contribution >= 0.6 is 0 Å². The standard InChI is InChI=1S/C24H29N3O3/c1-16(2)15-27-17(3)11-21(18(27)4)12-22(13-25)24(29)30-19(5)23(28)26-14-20-9-7-6-8-10-20/h6-12,16,19H,14-15H2,1-5H3,(H,26,28)/b22-12+/t19-/m0/s1. The maximum absolute atomic E-state index is 12.4. The molecule has 0 bridgehead atoms. The van der Waals surface area contributed by atoms with E-state index in [-0.39, 0.29) is 5.57 Å². The van der Waals surface area contributed by atoms with Crippen LogP contribution in [-0.4, -0.2) is 22.5 Å². The van der Waals surface area contributed by atoms with Crippen LogP contribution < -0.4 is 5.32 Å². The van der Waals surface area contributed by atoms with Crippen molar-refractivity contribution in [2.45, 2.75) is 53.8 Å². The van der Waals surface area contributed by atoms with Gasteiger partial charge in [-0.2, -0.15) is 5.26 Å². The quantitative estimate of drug-likeness (QED) is 0.408. The van der Waals surface area contributed by atoms with E-state index in [9.17, 15) is 14.9 Å². The second kappa shape index (κ2) is 10.4. The number of hydrogen-bond acceptors (Lipinski definition) is 4. The summed E-state index contributed by atoms with van der Waals surface area (Å²) < 4.78 is 7.38. The number of nitrogens with zero attached hydrogens (tertiary/aromatic N) is 2. The molecule has 1 N–H and O–H groups in total. The number of hydrogen-bond donors (Lipinski definition) is 1. The van der Waals surface area contributed by atoms with Gasteiger partial charge in [0.1, 0.15) is 11.6 Å². The van der Waals surface area contributed by atoms with E-state index in [0.29, 0.717) is 12.5 Å². The zero-order valence-corrected chi connectivity index (χ0v) is 18.2. The Morgan fingerprint density at radius 3 is 2.47 bits per heavy atom. The van der Waals surface area contributed by atoms with Crippen molar-refractivity contribution in [3.63, 3.8) is 0 Å². The molecule has 1 aromatic carbocycles. The van der Waals surface area contributed by atoms with Crippen molar-refractivity contribution < 1.29 is 14.3 Å². The smallest absolute Gasteiger partial charge is 0.349 e. The van der Waals surface area contributed by atoms with Gasteiger partial charge in [-0.15, -0.1) is 0 Å². The van der Waals surface area contributed by atoms with Gasteiger partial charge in [-0.05, 0) is 50.0 Å². The molecule has 1 amide bonds. The van der Waals surface area contributed by atoms with Gasteiger partial charge in [0.15, 0.2) is 6.10 Å². The first-order valence-corrected chi connectivity index (χ1v) is 10.0. The summed E-state index contributed by atoms with van der Waals surface area (Å²) in [6.07, 6.45) is 0.516. The Hall–Kier alpha value is -3.33. The summed E-state index contributed by atoms with van der Waals surface area (Å²) in [5, 5.41) is 12.2. The maximum atomic E-state index is 12.4. The lowest BCUT2D eigenvalue weighted by Gasteiger charge is -2.13. The molecule has 1 atom stereocenters. The lowest BCUT2D eigenvalue weighted by molar-refractivity contribution is -0.150. The van der Waals surface area contributed by atoms with E-state index in [2.05, 4.69) is 23.7 Å². The summed E-state index contributed by atoms with van der Waals surface area (Å²) in [5.41, 5.74) is 3.64. The number of carbonyl (C=O) groups excluding carboxylic acids is 2. The molecule has 0 saturated carbocycles. The van der Waals surface area contributed by atoms with E-state index in [4.69, 9.17) is 4.74 Å². The van der Waals surface area contributed by atoms with Crippen LogP contribution in [0.4, 0.5) is 0 Å². The summed E-state index contributed by atoms with van der Waals surface area (Å²) in [7, 11) is 0. The fourth-order valence-corrected chi connectivity index (χ4v) is 3.12. The zero-order valence-electron chi connectivity index (χ0n) is 18.2. The van der Waals surface area contributed by atoms with Crippen LogP contribution in [0.15, 0.2) is 42.0 Å². The Balaban J connectivity index is 2.05. The largest absolute Gasteiger partial charge is 0.448 e. The fraction of sp³-hybridized carbons (Fsp3) is 0.375. The Kier molecular flexibility index (Phi) is 7.99. The molecule has 30 heavy (non-hydrogen) atoms. The molecule has 2 rings (SSSR count). The third kappa shape index (κ3) is 6.08. The van der Waals surface area contributed by atoms with Crippen LogP contribution in [0.1, 0.15) is 43.3 Å². The van der Waals surface area contributed by atoms with Crippen molar-refractivity contribution in [2.75, 3.05) is 0 Å². The predicted octanol–water partition coefficient (Wildman–Crippen LogP) is 3.92. The van der Waals surface area contributed by atoms with Gasteiger partial charge in [-0.3, -0.25) is 4.79 Å². The van der Waals surface area contributed by atoms with Gasteiger partial charge in [0, 0.05) is 24.5 Å². The summed E-state index contributed by atoms with van der Waals surface area (Å²) in [6.45, 7) is 10.9. The number of aromatic nitrogens is 1. The third-order valence-corrected chi connectivity index (χ3v) is 4.76. The van der Waals surface area contributed by atoms with Crippen LogP contribution in [-0.2, 0) is 27.4 Å². The number of amides is 1. The monoisotopic (exact) mass is 407 g/mol. The Bertz CT molecular complexity index is 966. The number of carbonyl (C=O) groups is 2. The predicted molar refractivity (Wildman–Crippen MR) is 116 cm³/mol. The summed E-state index contributed by atoms with van der Waals surface area (Å²) >= 11 is 0. The lowest BCUT2D eigenvalue weighted by Crippen LogP contribution is -2.35. The van der Waals surface area contributed by atoms with E-state index in [0.717, 1.165) is 29.1 Å². The topological polar surface area (TPSA) is 84.1 Å². The van der Waals surface area contributed by atoms with Gasteiger partial charge in [0.05, 0.1) is 0 Å². The molecule has 0 aliphatic heterocycles. The summed E-state index contributed by atoms with van der Waals surface area (Å²) in [6, 6.07) is 13.3. The molecule has 0 spiro atoms. The van der Waals surface area contributed by atoms with Crippen LogP contribution in [0.5, 0.6) is 0 Å². The molecule has 0 aliphatic rings. The Labute approximate surface area is 178 Å². The SMILES string of the molecule is Cc1cc(/C=C(\C#N)C(=O)O[C@@H](C)C(=O)NCc2ccccc2)c(C)n1CC(C)C. The van der Waals surface area contributed by atoms with Crippen molar-refractivity contribution in [1.29, 1.82) is 5.26 Å². The van der Waals surface area contributed by atoms with Gasteiger partial charge in [-0.25, -0.2) is 4.79 Å². The van der Waals surface area contributed by atoms with E-state index in [1.807, 2.05) is 56.3 Å². The highest BCUT2D eigenvalue weighted by atomic mass is 16.5. The first-order valence-electron chi connectivity index (χ1n) is 10.0. The maximum Gasteiger partial charge on any atom is 0.349 e. The molecule has 6 heteroatoms. The van der Waals surface area contributed by atoms with Crippen molar-refractivity contribution in [1.82, 2.24) is 9.88 Å². The van der Waals surface area contributed by atoms with Gasteiger partial charge in [0.25, 0.3) is 5.91 Å². The molecule has 0 radical (unpaired) electrons. The molecule has 158 valence electrons. The molecule has 0 aliphatic carbocycles. The third-order valence-electron chi connectivity index (χ3n) is 4.76. The second-order valence-electron chi connectivity index (χ2n) is 7.75. The Morgan fingerprint density at radius 1 is 1.20 bits per heavy atom. The second-order valence-corrected chi connectivity index (χ2v) is 7.75. The number of benzene rings is 1. The van der Waals surface area contributed by atoms with Crippen LogP contribution in [0, 0.1) is 31.1 Å². The summed E-state index contributed by atoms with van der Waals surface area (Å²) in [4.78, 5) is 24.7. The number of ether oxygens (including phenoxy) is 1. The molecule has 2 aromatic rings. The van der Waals surface area contributed by atoms with Crippen molar-refractivity contribution in [2.24, 2.45) is 5.92 Å². The average Bonchev–Trinajstić information content (AvgIpc) is 2.97. The fourth-order valence-electron chi connectivity index (χ4n) is 3.12. The van der Waals surface area contributed by atoms with Gasteiger partial charge >= 0.3 is 5.97 Å². The van der Waals surface area contributed by atoms with E-state index in [1.165, 1.54) is 13.0 Å². The van der Waals surface area contributed by atoms with Crippen LogP contribution in [0.25, 0.3) is 6.08 Å². The number of aryl methyl sites for hydroxylation is 1. The van der Waals surface area contributed by atoms with Crippen LogP contribution in [0.2, 0.25) is 0 Å². The van der Waals surface area contributed by atoms with Crippen molar-refractivity contribution in [3.05, 3.63) is 64.5 Å². The highest BCUT2D eigenvalue weighted by Gasteiger charge is 2.21.